The standard InChI is InChI=1S/C12H9FN2O2/c13-10-2-1-7-14-11(10)12(17)15-8-3-5-9(16)6-4-8/h1-7,16H,(H,15,17). The molecule has 1 heterocycles. The molecule has 86 valence electrons. The highest BCUT2D eigenvalue weighted by Gasteiger charge is 2.12. The topological polar surface area (TPSA) is 62.2 Å². The molecule has 1 aromatic heterocycles. The summed E-state index contributed by atoms with van der Waals surface area (Å²) in [4.78, 5) is 15.3. The fraction of sp³-hybridized carbons (Fsp3) is 0. The summed E-state index contributed by atoms with van der Waals surface area (Å²) in [6.45, 7) is 0. The summed E-state index contributed by atoms with van der Waals surface area (Å²) in [5.74, 6) is -1.22. The maximum atomic E-state index is 13.2. The number of anilines is 1. The molecule has 0 fully saturated rings. The lowest BCUT2D eigenvalue weighted by molar-refractivity contribution is 0.101. The van der Waals surface area contributed by atoms with Crippen molar-refractivity contribution in [3.63, 3.8) is 0 Å². The summed E-state index contributed by atoms with van der Waals surface area (Å²) in [7, 11) is 0. The summed E-state index contributed by atoms with van der Waals surface area (Å²) in [6.07, 6.45) is 1.34. The van der Waals surface area contributed by atoms with Crippen molar-refractivity contribution in [2.45, 2.75) is 0 Å². The van der Waals surface area contributed by atoms with Gasteiger partial charge in [0.1, 0.15) is 5.75 Å². The van der Waals surface area contributed by atoms with Crippen LogP contribution in [0.2, 0.25) is 0 Å². The molecule has 1 amide bonds. The summed E-state index contributed by atoms with van der Waals surface area (Å²) in [6, 6.07) is 8.43. The lowest BCUT2D eigenvalue weighted by Crippen LogP contribution is -2.15. The third-order valence-electron chi connectivity index (χ3n) is 2.10. The monoisotopic (exact) mass is 232 g/mol. The summed E-state index contributed by atoms with van der Waals surface area (Å²) in [5, 5.41) is 11.5. The smallest absolute Gasteiger partial charge is 0.277 e. The molecule has 2 rings (SSSR count). The molecule has 0 radical (unpaired) electrons. The highest BCUT2D eigenvalue weighted by molar-refractivity contribution is 6.02. The molecular formula is C12H9FN2O2. The highest BCUT2D eigenvalue weighted by atomic mass is 19.1. The fourth-order valence-electron chi connectivity index (χ4n) is 1.29. The molecule has 0 aliphatic carbocycles. The number of aromatic nitrogens is 1. The Morgan fingerprint density at radius 1 is 1.24 bits per heavy atom. The number of halogens is 1. The van der Waals surface area contributed by atoms with Crippen LogP contribution in [0.5, 0.6) is 5.75 Å². The van der Waals surface area contributed by atoms with Gasteiger partial charge < -0.3 is 10.4 Å². The Balaban J connectivity index is 2.17. The van der Waals surface area contributed by atoms with Gasteiger partial charge >= 0.3 is 0 Å². The molecule has 2 aromatic rings. The molecule has 0 aliphatic rings. The molecule has 0 saturated heterocycles. The van der Waals surface area contributed by atoms with E-state index in [1.54, 1.807) is 0 Å². The number of rotatable bonds is 2. The van der Waals surface area contributed by atoms with Crippen LogP contribution in [0, 0.1) is 5.82 Å². The number of carbonyl (C=O) groups excluding carboxylic acids is 1. The molecule has 0 aliphatic heterocycles. The van der Waals surface area contributed by atoms with Crippen LogP contribution in [0.1, 0.15) is 10.5 Å². The molecule has 0 bridgehead atoms. The summed E-state index contributed by atoms with van der Waals surface area (Å²) < 4.78 is 13.2. The predicted octanol–water partition coefficient (Wildman–Crippen LogP) is 2.18. The van der Waals surface area contributed by atoms with Gasteiger partial charge in [-0.15, -0.1) is 0 Å². The Bertz CT molecular complexity index is 540. The molecule has 1 aromatic carbocycles. The van der Waals surface area contributed by atoms with E-state index in [2.05, 4.69) is 10.3 Å². The van der Waals surface area contributed by atoms with Crippen molar-refractivity contribution in [2.75, 3.05) is 5.32 Å². The van der Waals surface area contributed by atoms with Crippen molar-refractivity contribution in [2.24, 2.45) is 0 Å². The number of pyridine rings is 1. The first-order chi connectivity index (χ1) is 8.16. The number of amides is 1. The second kappa shape index (κ2) is 4.61. The summed E-state index contributed by atoms with van der Waals surface area (Å²) >= 11 is 0. The minimum absolute atomic E-state index is 0.0898. The van der Waals surface area contributed by atoms with E-state index in [1.165, 1.54) is 42.6 Å². The number of benzene rings is 1. The van der Waals surface area contributed by atoms with Gasteiger partial charge in [0.15, 0.2) is 11.5 Å². The average Bonchev–Trinajstić information content (AvgIpc) is 2.32. The largest absolute Gasteiger partial charge is 0.508 e. The number of phenolic OH excluding ortho intramolecular Hbond substituents is 1. The SMILES string of the molecule is O=C(Nc1ccc(O)cc1)c1ncccc1F. The van der Waals surface area contributed by atoms with Gasteiger partial charge in [-0.1, -0.05) is 0 Å². The van der Waals surface area contributed by atoms with E-state index in [4.69, 9.17) is 5.11 Å². The van der Waals surface area contributed by atoms with Crippen LogP contribution >= 0.6 is 0 Å². The van der Waals surface area contributed by atoms with E-state index in [9.17, 15) is 9.18 Å². The molecule has 2 N–H and O–H groups in total. The second-order valence-electron chi connectivity index (χ2n) is 3.33. The lowest BCUT2D eigenvalue weighted by atomic mass is 10.2. The van der Waals surface area contributed by atoms with Crippen molar-refractivity contribution in [1.29, 1.82) is 0 Å². The van der Waals surface area contributed by atoms with Gasteiger partial charge in [-0.3, -0.25) is 4.79 Å². The van der Waals surface area contributed by atoms with E-state index >= 15 is 0 Å². The molecule has 0 spiro atoms. The second-order valence-corrected chi connectivity index (χ2v) is 3.33. The van der Waals surface area contributed by atoms with Crippen molar-refractivity contribution in [3.8, 4) is 5.75 Å². The maximum absolute atomic E-state index is 13.2. The third kappa shape index (κ3) is 2.57. The molecule has 0 saturated carbocycles. The first-order valence-corrected chi connectivity index (χ1v) is 4.88. The van der Waals surface area contributed by atoms with Crippen molar-refractivity contribution < 1.29 is 14.3 Å². The third-order valence-corrected chi connectivity index (χ3v) is 2.10. The van der Waals surface area contributed by atoms with E-state index in [-0.39, 0.29) is 11.4 Å². The number of nitrogens with zero attached hydrogens (tertiary/aromatic N) is 1. The summed E-state index contributed by atoms with van der Waals surface area (Å²) in [5.41, 5.74) is 0.193. The van der Waals surface area contributed by atoms with Gasteiger partial charge in [0, 0.05) is 11.9 Å². The van der Waals surface area contributed by atoms with Crippen molar-refractivity contribution in [1.82, 2.24) is 4.98 Å². The molecular weight excluding hydrogens is 223 g/mol. The fourth-order valence-corrected chi connectivity index (χ4v) is 1.29. The van der Waals surface area contributed by atoms with Crippen LogP contribution in [-0.2, 0) is 0 Å². The number of hydrogen-bond acceptors (Lipinski definition) is 3. The van der Waals surface area contributed by atoms with Gasteiger partial charge in [0.05, 0.1) is 0 Å². The van der Waals surface area contributed by atoms with Crippen molar-refractivity contribution in [3.05, 3.63) is 54.1 Å². The normalized spacial score (nSPS) is 9.94. The Morgan fingerprint density at radius 2 is 1.94 bits per heavy atom. The number of nitrogens with one attached hydrogen (secondary N) is 1. The Labute approximate surface area is 96.7 Å². The number of phenols is 1. The number of hydrogen-bond donors (Lipinski definition) is 2. The van der Waals surface area contributed by atoms with Crippen LogP contribution < -0.4 is 5.32 Å². The predicted molar refractivity (Wildman–Crippen MR) is 60.3 cm³/mol. The number of carbonyl (C=O) groups is 1. The Morgan fingerprint density at radius 3 is 2.59 bits per heavy atom. The first-order valence-electron chi connectivity index (χ1n) is 4.88. The first kappa shape index (κ1) is 11.1. The van der Waals surface area contributed by atoms with Gasteiger partial charge in [0.25, 0.3) is 5.91 Å². The van der Waals surface area contributed by atoms with Crippen LogP contribution in [0.3, 0.4) is 0 Å². The zero-order valence-corrected chi connectivity index (χ0v) is 8.72. The van der Waals surface area contributed by atoms with Crippen LogP contribution in [0.25, 0.3) is 0 Å². The van der Waals surface area contributed by atoms with Gasteiger partial charge in [-0.05, 0) is 36.4 Å². The van der Waals surface area contributed by atoms with Crippen LogP contribution in [0.15, 0.2) is 42.6 Å². The minimum Gasteiger partial charge on any atom is -0.508 e. The quantitative estimate of drug-likeness (QED) is 0.780. The van der Waals surface area contributed by atoms with Gasteiger partial charge in [-0.25, -0.2) is 9.37 Å². The van der Waals surface area contributed by atoms with E-state index in [0.29, 0.717) is 5.69 Å². The highest BCUT2D eigenvalue weighted by Crippen LogP contribution is 2.14. The lowest BCUT2D eigenvalue weighted by Gasteiger charge is -2.05. The molecule has 4 nitrogen and oxygen atoms in total. The van der Waals surface area contributed by atoms with Crippen LogP contribution in [0.4, 0.5) is 10.1 Å². The van der Waals surface area contributed by atoms with Crippen LogP contribution in [-0.4, -0.2) is 16.0 Å². The van der Waals surface area contributed by atoms with E-state index < -0.39 is 11.7 Å². The zero-order valence-electron chi connectivity index (χ0n) is 8.72. The average molecular weight is 232 g/mol. The van der Waals surface area contributed by atoms with Gasteiger partial charge in [0.2, 0.25) is 0 Å². The molecule has 0 atom stereocenters. The molecule has 5 heteroatoms. The zero-order chi connectivity index (χ0) is 12.3. The maximum Gasteiger partial charge on any atom is 0.277 e. The van der Waals surface area contributed by atoms with Crippen molar-refractivity contribution >= 4 is 11.6 Å². The molecule has 17 heavy (non-hydrogen) atoms. The Hall–Kier alpha value is -2.43. The number of aromatic hydroxyl groups is 1. The van der Waals surface area contributed by atoms with Gasteiger partial charge in [-0.2, -0.15) is 0 Å². The Kier molecular flexibility index (Phi) is 3.00. The van der Waals surface area contributed by atoms with E-state index in [1.807, 2.05) is 0 Å². The van der Waals surface area contributed by atoms with E-state index in [0.717, 1.165) is 0 Å². The molecule has 0 unspecified atom stereocenters. The minimum atomic E-state index is -0.677.